The molecule has 0 saturated heterocycles. The number of rotatable bonds is 1. The quantitative estimate of drug-likeness (QED) is 0.733. The van der Waals surface area contributed by atoms with Crippen molar-refractivity contribution in [2.45, 2.75) is 32.1 Å². The van der Waals surface area contributed by atoms with Crippen molar-refractivity contribution in [3.05, 3.63) is 33.4 Å². The topological polar surface area (TPSA) is 12.0 Å². The highest BCUT2D eigenvalue weighted by molar-refractivity contribution is 8.04. The fraction of sp³-hybridized carbons (Fsp3) is 0.455. The Kier molecular flexibility index (Phi) is 2.93. The predicted molar refractivity (Wildman–Crippen MR) is 64.1 cm³/mol. The Morgan fingerprint density at radius 2 is 2.21 bits per heavy atom. The summed E-state index contributed by atoms with van der Waals surface area (Å²) in [4.78, 5) is 1.41. The van der Waals surface area contributed by atoms with E-state index in [0.717, 1.165) is 17.9 Å². The van der Waals surface area contributed by atoms with Crippen LogP contribution in [0.15, 0.2) is 33.4 Å². The van der Waals surface area contributed by atoms with E-state index in [-0.39, 0.29) is 0 Å². The van der Waals surface area contributed by atoms with E-state index in [1.165, 1.54) is 16.2 Å². The average Bonchev–Trinajstić information content (AvgIpc) is 2.47. The number of hydrogen-bond donors (Lipinski definition) is 1. The van der Waals surface area contributed by atoms with Crippen LogP contribution in [0.25, 0.3) is 0 Å². The monoisotopic (exact) mass is 227 g/mol. The van der Waals surface area contributed by atoms with Gasteiger partial charge in [-0.2, -0.15) is 0 Å². The van der Waals surface area contributed by atoms with Crippen LogP contribution in [-0.2, 0) is 0 Å². The lowest BCUT2D eigenvalue weighted by Crippen LogP contribution is -2.14. The molecule has 1 aliphatic heterocycles. The summed E-state index contributed by atoms with van der Waals surface area (Å²) in [5, 5.41) is 4.90. The molecule has 0 aromatic carbocycles. The maximum atomic E-state index is 5.93. The molecule has 76 valence electrons. The number of thioether (sulfide) groups is 1. The zero-order valence-corrected chi connectivity index (χ0v) is 10.0. The molecule has 1 heterocycles. The van der Waals surface area contributed by atoms with Crippen LogP contribution in [0.1, 0.15) is 26.7 Å². The number of nitrogens with one attached hydrogen (secondary N) is 1. The molecule has 0 radical (unpaired) electrons. The van der Waals surface area contributed by atoms with E-state index in [4.69, 9.17) is 11.6 Å². The molecule has 1 N–H and O–H groups in total. The Labute approximate surface area is 94.3 Å². The average molecular weight is 228 g/mol. The Hall–Kier alpha value is -0.340. The van der Waals surface area contributed by atoms with Crippen LogP contribution in [0.3, 0.4) is 0 Å². The van der Waals surface area contributed by atoms with Gasteiger partial charge in [0, 0.05) is 15.6 Å². The summed E-state index contributed by atoms with van der Waals surface area (Å²) in [6.07, 6.45) is 6.23. The lowest BCUT2D eigenvalue weighted by Gasteiger charge is -2.12. The summed E-state index contributed by atoms with van der Waals surface area (Å²) >= 11 is 7.84. The summed E-state index contributed by atoms with van der Waals surface area (Å²) in [5.74, 6) is 0. The third kappa shape index (κ3) is 2.01. The zero-order valence-electron chi connectivity index (χ0n) is 8.43. The van der Waals surface area contributed by atoms with Gasteiger partial charge in [0.05, 0.1) is 5.37 Å². The van der Waals surface area contributed by atoms with Crippen LogP contribution >= 0.6 is 23.4 Å². The molecule has 2 aliphatic rings. The first-order valence-electron chi connectivity index (χ1n) is 4.86. The highest BCUT2D eigenvalue weighted by atomic mass is 35.5. The van der Waals surface area contributed by atoms with Gasteiger partial charge in [-0.15, -0.1) is 0 Å². The van der Waals surface area contributed by atoms with Gasteiger partial charge in [0.25, 0.3) is 0 Å². The van der Waals surface area contributed by atoms with Gasteiger partial charge in [-0.05, 0) is 38.3 Å². The van der Waals surface area contributed by atoms with Crippen molar-refractivity contribution in [1.29, 1.82) is 0 Å². The summed E-state index contributed by atoms with van der Waals surface area (Å²) in [6.45, 7) is 4.33. The molecule has 14 heavy (non-hydrogen) atoms. The summed E-state index contributed by atoms with van der Waals surface area (Å²) in [7, 11) is 0. The molecule has 1 nitrogen and oxygen atoms in total. The minimum absolute atomic E-state index is 0.507. The first kappa shape index (κ1) is 10.2. The van der Waals surface area contributed by atoms with Crippen molar-refractivity contribution in [2.24, 2.45) is 0 Å². The molecule has 0 spiro atoms. The fourth-order valence-electron chi connectivity index (χ4n) is 1.78. The second-order valence-corrected chi connectivity index (χ2v) is 5.50. The van der Waals surface area contributed by atoms with Crippen LogP contribution in [0, 0.1) is 0 Å². The molecule has 0 aromatic heterocycles. The molecule has 2 rings (SSSR count). The number of allylic oxidation sites excluding steroid dienone is 5. The highest BCUT2D eigenvalue weighted by Crippen LogP contribution is 2.39. The third-order valence-electron chi connectivity index (χ3n) is 2.45. The highest BCUT2D eigenvalue weighted by Gasteiger charge is 2.21. The Bertz CT molecular complexity index is 341. The second kappa shape index (κ2) is 4.03. The van der Waals surface area contributed by atoms with E-state index in [0.29, 0.717) is 5.37 Å². The summed E-state index contributed by atoms with van der Waals surface area (Å²) < 4.78 is 0. The van der Waals surface area contributed by atoms with E-state index in [1.807, 2.05) is 17.8 Å². The molecular formula is C11H14ClNS. The van der Waals surface area contributed by atoms with E-state index < -0.39 is 0 Å². The van der Waals surface area contributed by atoms with Crippen LogP contribution in [0.4, 0.5) is 0 Å². The number of hydrogen-bond acceptors (Lipinski definition) is 2. The molecule has 0 bridgehead atoms. The van der Waals surface area contributed by atoms with Gasteiger partial charge in [0.2, 0.25) is 0 Å². The Morgan fingerprint density at radius 1 is 1.43 bits per heavy atom. The molecule has 1 atom stereocenters. The van der Waals surface area contributed by atoms with Crippen LogP contribution in [0.5, 0.6) is 0 Å². The predicted octanol–water partition coefficient (Wildman–Crippen LogP) is 3.74. The maximum Gasteiger partial charge on any atom is 0.0738 e. The van der Waals surface area contributed by atoms with Gasteiger partial charge in [-0.3, -0.25) is 0 Å². The lowest BCUT2D eigenvalue weighted by molar-refractivity contribution is 0.817. The second-order valence-electron chi connectivity index (χ2n) is 3.66. The molecule has 3 heteroatoms. The summed E-state index contributed by atoms with van der Waals surface area (Å²) in [5.41, 5.74) is 2.73. The van der Waals surface area contributed by atoms with Gasteiger partial charge in [-0.1, -0.05) is 29.4 Å². The van der Waals surface area contributed by atoms with Crippen LogP contribution in [0.2, 0.25) is 0 Å². The molecule has 0 amide bonds. The summed E-state index contributed by atoms with van der Waals surface area (Å²) in [6, 6.07) is 0. The van der Waals surface area contributed by atoms with Crippen molar-refractivity contribution in [3.8, 4) is 0 Å². The third-order valence-corrected chi connectivity index (χ3v) is 4.04. The normalized spacial score (nSPS) is 27.2. The smallest absolute Gasteiger partial charge is 0.0738 e. The molecule has 0 saturated carbocycles. The van der Waals surface area contributed by atoms with Gasteiger partial charge >= 0.3 is 0 Å². The minimum Gasteiger partial charge on any atom is -0.376 e. The van der Waals surface area contributed by atoms with E-state index in [1.54, 1.807) is 0 Å². The molecule has 0 fully saturated rings. The van der Waals surface area contributed by atoms with E-state index >= 15 is 0 Å². The van der Waals surface area contributed by atoms with Gasteiger partial charge in [0.1, 0.15) is 0 Å². The van der Waals surface area contributed by atoms with Crippen molar-refractivity contribution < 1.29 is 0 Å². The molecule has 0 aromatic rings. The van der Waals surface area contributed by atoms with E-state index in [2.05, 4.69) is 25.2 Å². The first-order chi connectivity index (χ1) is 6.66. The minimum atomic E-state index is 0.507. The Morgan fingerprint density at radius 3 is 2.71 bits per heavy atom. The lowest BCUT2D eigenvalue weighted by atomic mass is 10.0. The van der Waals surface area contributed by atoms with Crippen molar-refractivity contribution in [2.75, 3.05) is 0 Å². The standard InChI is InChI=1S/C11H14ClNS/c1-7-11(14-8(2)13-7)9-3-5-10(12)6-4-9/h3,5,8,13H,4,6H2,1-2H3. The SMILES string of the molecule is CC1=C(C2=CC=C(Cl)CC2)SC(C)N1. The fourth-order valence-corrected chi connectivity index (χ4v) is 3.09. The zero-order chi connectivity index (χ0) is 10.1. The molecular weight excluding hydrogens is 214 g/mol. The van der Waals surface area contributed by atoms with Gasteiger partial charge in [0.15, 0.2) is 0 Å². The van der Waals surface area contributed by atoms with Gasteiger partial charge < -0.3 is 5.32 Å². The molecule has 1 unspecified atom stereocenters. The van der Waals surface area contributed by atoms with Gasteiger partial charge in [-0.25, -0.2) is 0 Å². The maximum absolute atomic E-state index is 5.93. The van der Waals surface area contributed by atoms with Crippen LogP contribution in [-0.4, -0.2) is 5.37 Å². The van der Waals surface area contributed by atoms with Crippen molar-refractivity contribution in [3.63, 3.8) is 0 Å². The molecule has 1 aliphatic carbocycles. The largest absolute Gasteiger partial charge is 0.376 e. The number of halogens is 1. The van der Waals surface area contributed by atoms with Crippen molar-refractivity contribution in [1.82, 2.24) is 5.32 Å². The van der Waals surface area contributed by atoms with E-state index in [9.17, 15) is 0 Å². The first-order valence-corrected chi connectivity index (χ1v) is 6.12. The Balaban J connectivity index is 2.21. The van der Waals surface area contributed by atoms with Crippen LogP contribution < -0.4 is 5.32 Å². The van der Waals surface area contributed by atoms with Crippen molar-refractivity contribution >= 4 is 23.4 Å².